The van der Waals surface area contributed by atoms with Crippen LogP contribution in [0.2, 0.25) is 0 Å². The maximum atomic E-state index is 2.50. The van der Waals surface area contributed by atoms with Gasteiger partial charge in [-0.25, -0.2) is 0 Å². The highest BCUT2D eigenvalue weighted by molar-refractivity contribution is 6.18. The molecule has 11 aromatic rings. The number of nitrogens with zero attached hydrogens (tertiary/aromatic N) is 2. The van der Waals surface area contributed by atoms with Crippen molar-refractivity contribution in [2.45, 2.75) is 0 Å². The van der Waals surface area contributed by atoms with E-state index < -0.39 is 0 Å². The fourth-order valence-corrected chi connectivity index (χ4v) is 9.13. The molecule has 2 heteroatoms. The zero-order chi connectivity index (χ0) is 39.8. The predicted molar refractivity (Wildman–Crippen MR) is 255 cm³/mol. The molecule has 282 valence electrons. The molecular formula is C58H40N2. The summed E-state index contributed by atoms with van der Waals surface area (Å²) < 4.78 is 2.49. The lowest BCUT2D eigenvalue weighted by atomic mass is 9.93. The van der Waals surface area contributed by atoms with Crippen molar-refractivity contribution >= 4 is 49.6 Å². The fourth-order valence-electron chi connectivity index (χ4n) is 9.13. The smallest absolute Gasteiger partial charge is 0.0562 e. The van der Waals surface area contributed by atoms with E-state index in [-0.39, 0.29) is 0 Å². The number of hydrogen-bond acceptors (Lipinski definition) is 1. The number of hydrogen-bond donors (Lipinski definition) is 0. The predicted octanol–water partition coefficient (Wildman–Crippen LogP) is 16.1. The van der Waals surface area contributed by atoms with E-state index >= 15 is 0 Å². The largest absolute Gasteiger partial charge is 0.309 e. The number of para-hydroxylation sites is 3. The topological polar surface area (TPSA) is 8.17 Å². The molecule has 0 radical (unpaired) electrons. The Morgan fingerprint density at radius 3 is 1.52 bits per heavy atom. The van der Waals surface area contributed by atoms with E-state index in [9.17, 15) is 0 Å². The number of fused-ring (bicyclic) bond motifs is 4. The number of anilines is 3. The first-order valence-electron chi connectivity index (χ1n) is 20.6. The van der Waals surface area contributed by atoms with Crippen LogP contribution in [-0.4, -0.2) is 4.57 Å². The highest BCUT2D eigenvalue weighted by atomic mass is 15.2. The summed E-state index contributed by atoms with van der Waals surface area (Å²) in [6, 6.07) is 88.0. The Balaban J connectivity index is 1.23. The Morgan fingerprint density at radius 2 is 0.800 bits per heavy atom. The van der Waals surface area contributed by atoms with Crippen molar-refractivity contribution in [3.8, 4) is 50.2 Å². The molecule has 1 heterocycles. The van der Waals surface area contributed by atoms with Crippen molar-refractivity contribution in [1.29, 1.82) is 0 Å². The Kier molecular flexibility index (Phi) is 8.87. The van der Waals surface area contributed by atoms with E-state index in [1.54, 1.807) is 0 Å². The van der Waals surface area contributed by atoms with Crippen LogP contribution in [0.15, 0.2) is 243 Å². The van der Waals surface area contributed by atoms with Gasteiger partial charge in [0, 0.05) is 27.5 Å². The molecule has 2 nitrogen and oxygen atoms in total. The van der Waals surface area contributed by atoms with Gasteiger partial charge in [-0.1, -0.05) is 200 Å². The molecule has 0 N–H and O–H groups in total. The third-order valence-electron chi connectivity index (χ3n) is 11.8. The SMILES string of the molecule is c1ccc(-c2ccccc2N(c2ccccc2-c2ccc3ccccc3c2)c2cccc3c2c2ccccc2n3-c2cccc(-c3ccccc3)c2-c2ccccc2)cc1. The first-order valence-corrected chi connectivity index (χ1v) is 20.6. The molecule has 60 heavy (non-hydrogen) atoms. The van der Waals surface area contributed by atoms with Crippen LogP contribution in [0.4, 0.5) is 17.1 Å². The van der Waals surface area contributed by atoms with Gasteiger partial charge in [0.15, 0.2) is 0 Å². The highest BCUT2D eigenvalue weighted by Gasteiger charge is 2.26. The van der Waals surface area contributed by atoms with Gasteiger partial charge in [-0.15, -0.1) is 0 Å². The minimum atomic E-state index is 1.11. The monoisotopic (exact) mass is 764 g/mol. The lowest BCUT2D eigenvalue weighted by molar-refractivity contribution is 1.18. The molecule has 0 saturated carbocycles. The molecule has 0 unspecified atom stereocenters. The summed E-state index contributed by atoms with van der Waals surface area (Å²) in [5, 5.41) is 4.83. The van der Waals surface area contributed by atoms with E-state index in [2.05, 4.69) is 252 Å². The van der Waals surface area contributed by atoms with Crippen LogP contribution in [0, 0.1) is 0 Å². The molecule has 0 aliphatic heterocycles. The lowest BCUT2D eigenvalue weighted by Gasteiger charge is -2.30. The summed E-state index contributed by atoms with van der Waals surface area (Å²) in [5.41, 5.74) is 16.2. The Bertz CT molecular complexity index is 3310. The van der Waals surface area contributed by atoms with E-state index in [0.717, 1.165) is 44.9 Å². The van der Waals surface area contributed by atoms with Crippen molar-refractivity contribution in [3.05, 3.63) is 243 Å². The van der Waals surface area contributed by atoms with E-state index in [4.69, 9.17) is 0 Å². The Labute approximate surface area is 350 Å². The summed E-state index contributed by atoms with van der Waals surface area (Å²) in [5.74, 6) is 0. The van der Waals surface area contributed by atoms with Gasteiger partial charge in [-0.3, -0.25) is 0 Å². The van der Waals surface area contributed by atoms with Crippen molar-refractivity contribution in [3.63, 3.8) is 0 Å². The average molecular weight is 765 g/mol. The molecule has 0 atom stereocenters. The van der Waals surface area contributed by atoms with Crippen molar-refractivity contribution < 1.29 is 0 Å². The summed E-state index contributed by atoms with van der Waals surface area (Å²) >= 11 is 0. The van der Waals surface area contributed by atoms with Crippen molar-refractivity contribution in [2.24, 2.45) is 0 Å². The second-order valence-corrected chi connectivity index (χ2v) is 15.3. The minimum Gasteiger partial charge on any atom is -0.309 e. The summed E-state index contributed by atoms with van der Waals surface area (Å²) in [7, 11) is 0. The zero-order valence-corrected chi connectivity index (χ0v) is 33.0. The second-order valence-electron chi connectivity index (χ2n) is 15.3. The van der Waals surface area contributed by atoms with Gasteiger partial charge in [0.25, 0.3) is 0 Å². The molecule has 0 fully saturated rings. The molecule has 10 aromatic carbocycles. The van der Waals surface area contributed by atoms with Crippen LogP contribution in [-0.2, 0) is 0 Å². The van der Waals surface area contributed by atoms with Crippen LogP contribution in [0.3, 0.4) is 0 Å². The van der Waals surface area contributed by atoms with Crippen LogP contribution in [0.25, 0.3) is 82.8 Å². The first kappa shape index (κ1) is 35.2. The molecule has 0 saturated heterocycles. The van der Waals surface area contributed by atoms with Gasteiger partial charge in [0.05, 0.1) is 33.8 Å². The van der Waals surface area contributed by atoms with E-state index in [1.165, 1.54) is 54.9 Å². The Morgan fingerprint density at radius 1 is 0.300 bits per heavy atom. The van der Waals surface area contributed by atoms with Crippen molar-refractivity contribution in [1.82, 2.24) is 4.57 Å². The molecule has 0 aliphatic carbocycles. The van der Waals surface area contributed by atoms with Crippen LogP contribution in [0.5, 0.6) is 0 Å². The van der Waals surface area contributed by atoms with Crippen molar-refractivity contribution in [2.75, 3.05) is 4.90 Å². The van der Waals surface area contributed by atoms with Gasteiger partial charge in [-0.05, 0) is 81.1 Å². The molecular weight excluding hydrogens is 725 g/mol. The third-order valence-corrected chi connectivity index (χ3v) is 11.8. The number of aromatic nitrogens is 1. The van der Waals surface area contributed by atoms with Crippen LogP contribution >= 0.6 is 0 Å². The quantitative estimate of drug-likeness (QED) is 0.150. The van der Waals surface area contributed by atoms with Gasteiger partial charge in [0.2, 0.25) is 0 Å². The van der Waals surface area contributed by atoms with Crippen LogP contribution < -0.4 is 4.90 Å². The molecule has 11 rings (SSSR count). The maximum absolute atomic E-state index is 2.50. The fraction of sp³-hybridized carbons (Fsp3) is 0. The zero-order valence-electron chi connectivity index (χ0n) is 33.0. The summed E-state index contributed by atoms with van der Waals surface area (Å²) in [4.78, 5) is 2.50. The van der Waals surface area contributed by atoms with E-state index in [1.807, 2.05) is 0 Å². The summed E-state index contributed by atoms with van der Waals surface area (Å²) in [6.45, 7) is 0. The van der Waals surface area contributed by atoms with Gasteiger partial charge in [-0.2, -0.15) is 0 Å². The maximum Gasteiger partial charge on any atom is 0.0562 e. The average Bonchev–Trinajstić information content (AvgIpc) is 3.67. The van der Waals surface area contributed by atoms with Gasteiger partial charge in [0.1, 0.15) is 0 Å². The number of benzene rings is 10. The normalized spacial score (nSPS) is 11.3. The third kappa shape index (κ3) is 6.06. The molecule has 0 amide bonds. The number of rotatable bonds is 8. The lowest BCUT2D eigenvalue weighted by Crippen LogP contribution is -2.13. The standard InChI is InChI=1S/C58H40N2/c1-4-21-42(22-5-1)47-28-12-15-32-51(47)59(52-33-16-13-29-48(52)46-39-38-41-20-10-11-27-45(41)40-46)55-36-19-37-56-58(55)50-30-14-17-34-53(50)60(56)54-35-18-31-49(43-23-6-2-7-24-43)57(54)44-25-8-3-9-26-44/h1-40H. The molecule has 0 spiro atoms. The molecule has 0 bridgehead atoms. The van der Waals surface area contributed by atoms with E-state index in [0.29, 0.717) is 0 Å². The molecule has 1 aromatic heterocycles. The highest BCUT2D eigenvalue weighted by Crippen LogP contribution is 2.50. The minimum absolute atomic E-state index is 1.11. The summed E-state index contributed by atoms with van der Waals surface area (Å²) in [6.07, 6.45) is 0. The van der Waals surface area contributed by atoms with Gasteiger partial charge >= 0.3 is 0 Å². The second kappa shape index (κ2) is 15.1. The molecule has 0 aliphatic rings. The Hall–Kier alpha value is -7.94. The van der Waals surface area contributed by atoms with Gasteiger partial charge < -0.3 is 9.47 Å². The first-order chi connectivity index (χ1) is 29.8. The van der Waals surface area contributed by atoms with Crippen LogP contribution in [0.1, 0.15) is 0 Å².